The highest BCUT2D eigenvalue weighted by molar-refractivity contribution is 5.35. The number of benzene rings is 2. The summed E-state index contributed by atoms with van der Waals surface area (Å²) in [5.74, 6) is 2.81. The standard InChI is InChI=1S/C29H39N3O3/c1-23-9-10-28(24(2)19-23)35-22-29(33)11-5-14-31(16-12-29)21-26-7-4-8-27(20-26)34-18-6-15-32-17-13-30-25(32)3/h4,7-10,13,17,19-20,33H,5-6,11-12,14-16,18,21-22H2,1-3H3/t29-/m0/s1. The first-order valence-electron chi connectivity index (χ1n) is 12.7. The van der Waals surface area contributed by atoms with Crippen molar-refractivity contribution in [2.24, 2.45) is 0 Å². The SMILES string of the molecule is Cc1ccc(OC[C@]2(O)CCCN(Cc3cccc(OCCCn4ccnc4C)c3)CC2)c(C)c1. The lowest BCUT2D eigenvalue weighted by molar-refractivity contribution is -0.0170. The van der Waals surface area contributed by atoms with E-state index in [1.165, 1.54) is 11.1 Å². The van der Waals surface area contributed by atoms with Crippen molar-refractivity contribution < 1.29 is 14.6 Å². The highest BCUT2D eigenvalue weighted by Gasteiger charge is 2.31. The number of likely N-dealkylation sites (tertiary alicyclic amines) is 1. The monoisotopic (exact) mass is 477 g/mol. The van der Waals surface area contributed by atoms with Crippen LogP contribution in [0.25, 0.3) is 0 Å². The van der Waals surface area contributed by atoms with E-state index in [0.717, 1.165) is 68.3 Å². The van der Waals surface area contributed by atoms with Gasteiger partial charge >= 0.3 is 0 Å². The van der Waals surface area contributed by atoms with E-state index in [4.69, 9.17) is 9.47 Å². The summed E-state index contributed by atoms with van der Waals surface area (Å²) in [5, 5.41) is 11.2. The van der Waals surface area contributed by atoms with Crippen molar-refractivity contribution in [3.63, 3.8) is 0 Å². The third-order valence-electron chi connectivity index (χ3n) is 6.88. The highest BCUT2D eigenvalue weighted by Crippen LogP contribution is 2.27. The maximum atomic E-state index is 11.2. The topological polar surface area (TPSA) is 59.8 Å². The third-order valence-corrected chi connectivity index (χ3v) is 6.88. The lowest BCUT2D eigenvalue weighted by Gasteiger charge is -2.27. The fourth-order valence-electron chi connectivity index (χ4n) is 4.77. The first kappa shape index (κ1) is 25.3. The van der Waals surface area contributed by atoms with E-state index < -0.39 is 5.60 Å². The Balaban J connectivity index is 1.24. The molecule has 2 aromatic carbocycles. The average molecular weight is 478 g/mol. The van der Waals surface area contributed by atoms with Crippen molar-refractivity contribution in [1.29, 1.82) is 0 Å². The van der Waals surface area contributed by atoms with Crippen LogP contribution in [0.5, 0.6) is 11.5 Å². The Morgan fingerprint density at radius 2 is 1.91 bits per heavy atom. The number of hydrogen-bond donors (Lipinski definition) is 1. The predicted octanol–water partition coefficient (Wildman–Crippen LogP) is 5.07. The molecular weight excluding hydrogens is 438 g/mol. The van der Waals surface area contributed by atoms with E-state index in [1.807, 2.05) is 31.5 Å². The number of aliphatic hydroxyl groups is 1. The fourth-order valence-corrected chi connectivity index (χ4v) is 4.77. The minimum Gasteiger partial charge on any atom is -0.494 e. The predicted molar refractivity (Wildman–Crippen MR) is 139 cm³/mol. The number of aryl methyl sites for hydroxylation is 4. The third kappa shape index (κ3) is 7.33. The van der Waals surface area contributed by atoms with Gasteiger partial charge in [-0.3, -0.25) is 4.90 Å². The van der Waals surface area contributed by atoms with Crippen LogP contribution in [-0.2, 0) is 13.1 Å². The molecule has 0 unspecified atom stereocenters. The number of ether oxygens (including phenoxy) is 2. The van der Waals surface area contributed by atoms with Gasteiger partial charge in [-0.1, -0.05) is 29.8 Å². The maximum Gasteiger partial charge on any atom is 0.122 e. The van der Waals surface area contributed by atoms with Gasteiger partial charge in [-0.2, -0.15) is 0 Å². The van der Waals surface area contributed by atoms with Crippen LogP contribution in [0, 0.1) is 20.8 Å². The van der Waals surface area contributed by atoms with Crippen LogP contribution in [0.15, 0.2) is 54.9 Å². The second-order valence-electron chi connectivity index (χ2n) is 9.93. The van der Waals surface area contributed by atoms with Crippen LogP contribution in [0.2, 0.25) is 0 Å². The summed E-state index contributed by atoms with van der Waals surface area (Å²) in [7, 11) is 0. The van der Waals surface area contributed by atoms with Gasteiger partial charge in [-0.25, -0.2) is 4.98 Å². The summed E-state index contributed by atoms with van der Waals surface area (Å²) < 4.78 is 14.2. The number of hydrogen-bond acceptors (Lipinski definition) is 5. The Kier molecular flexibility index (Phi) is 8.47. The molecular formula is C29H39N3O3. The van der Waals surface area contributed by atoms with Gasteiger partial charge in [0.15, 0.2) is 0 Å². The summed E-state index contributed by atoms with van der Waals surface area (Å²) >= 11 is 0. The number of imidazole rings is 1. The molecule has 0 bridgehead atoms. The molecule has 1 aromatic heterocycles. The molecule has 35 heavy (non-hydrogen) atoms. The first-order chi connectivity index (χ1) is 16.9. The number of nitrogens with zero attached hydrogens (tertiary/aromatic N) is 3. The van der Waals surface area contributed by atoms with Gasteiger partial charge in [0.1, 0.15) is 23.9 Å². The van der Waals surface area contributed by atoms with Gasteiger partial charge < -0.3 is 19.1 Å². The van der Waals surface area contributed by atoms with Gasteiger partial charge in [-0.15, -0.1) is 0 Å². The Bertz CT molecular complexity index is 1100. The van der Waals surface area contributed by atoms with Crippen molar-refractivity contribution in [1.82, 2.24) is 14.5 Å². The van der Waals surface area contributed by atoms with Gasteiger partial charge in [0.05, 0.1) is 12.2 Å². The molecule has 0 amide bonds. The van der Waals surface area contributed by atoms with E-state index in [1.54, 1.807) is 0 Å². The molecule has 0 radical (unpaired) electrons. The lowest BCUT2D eigenvalue weighted by atomic mass is 9.96. The minimum atomic E-state index is -0.787. The molecule has 1 atom stereocenters. The average Bonchev–Trinajstić information content (AvgIpc) is 3.15. The molecule has 1 aliphatic heterocycles. The Morgan fingerprint density at radius 3 is 2.71 bits per heavy atom. The molecule has 1 fully saturated rings. The van der Waals surface area contributed by atoms with E-state index in [-0.39, 0.29) is 0 Å². The molecule has 4 rings (SSSR count). The van der Waals surface area contributed by atoms with E-state index in [0.29, 0.717) is 19.6 Å². The van der Waals surface area contributed by atoms with E-state index in [9.17, 15) is 5.11 Å². The zero-order valence-corrected chi connectivity index (χ0v) is 21.4. The lowest BCUT2D eigenvalue weighted by Crippen LogP contribution is -2.37. The zero-order valence-electron chi connectivity index (χ0n) is 21.4. The number of rotatable bonds is 10. The summed E-state index contributed by atoms with van der Waals surface area (Å²) in [5.41, 5.74) is 2.79. The van der Waals surface area contributed by atoms with Crippen LogP contribution < -0.4 is 9.47 Å². The van der Waals surface area contributed by atoms with E-state index in [2.05, 4.69) is 58.6 Å². The van der Waals surface area contributed by atoms with Crippen molar-refractivity contribution >= 4 is 0 Å². The van der Waals surface area contributed by atoms with Gasteiger partial charge in [0.25, 0.3) is 0 Å². The molecule has 2 heterocycles. The van der Waals surface area contributed by atoms with Crippen LogP contribution in [0.1, 0.15) is 48.2 Å². The molecule has 1 N–H and O–H groups in total. The Labute approximate surface area is 209 Å². The van der Waals surface area contributed by atoms with Crippen LogP contribution in [0.4, 0.5) is 0 Å². The largest absolute Gasteiger partial charge is 0.494 e. The van der Waals surface area contributed by atoms with Gasteiger partial charge in [0.2, 0.25) is 0 Å². The smallest absolute Gasteiger partial charge is 0.122 e. The van der Waals surface area contributed by atoms with Crippen molar-refractivity contribution in [2.75, 3.05) is 26.3 Å². The van der Waals surface area contributed by atoms with Crippen molar-refractivity contribution in [2.45, 2.75) is 65.1 Å². The summed E-state index contributed by atoms with van der Waals surface area (Å²) in [4.78, 5) is 6.69. The van der Waals surface area contributed by atoms with Gasteiger partial charge in [-0.05, 0) is 82.3 Å². The summed E-state index contributed by atoms with van der Waals surface area (Å²) in [6.07, 6.45) is 7.21. The van der Waals surface area contributed by atoms with Gasteiger partial charge in [0, 0.05) is 32.0 Å². The molecule has 0 spiro atoms. The summed E-state index contributed by atoms with van der Waals surface area (Å²) in [6.45, 7) is 10.8. The normalized spacial score (nSPS) is 18.9. The van der Waals surface area contributed by atoms with E-state index >= 15 is 0 Å². The fraction of sp³-hybridized carbons (Fsp3) is 0.483. The second kappa shape index (κ2) is 11.7. The second-order valence-corrected chi connectivity index (χ2v) is 9.93. The maximum absolute atomic E-state index is 11.2. The molecule has 3 aromatic rings. The van der Waals surface area contributed by atoms with Crippen LogP contribution >= 0.6 is 0 Å². The zero-order chi connectivity index (χ0) is 24.7. The molecule has 0 aliphatic carbocycles. The highest BCUT2D eigenvalue weighted by atomic mass is 16.5. The first-order valence-corrected chi connectivity index (χ1v) is 12.7. The quantitative estimate of drug-likeness (QED) is 0.413. The van der Waals surface area contributed by atoms with Crippen LogP contribution in [-0.4, -0.2) is 51.5 Å². The van der Waals surface area contributed by atoms with Crippen molar-refractivity contribution in [3.05, 3.63) is 77.4 Å². The molecule has 0 saturated carbocycles. The Hall–Kier alpha value is -2.83. The van der Waals surface area contributed by atoms with Crippen LogP contribution in [0.3, 0.4) is 0 Å². The summed E-state index contributed by atoms with van der Waals surface area (Å²) in [6, 6.07) is 14.6. The minimum absolute atomic E-state index is 0.340. The molecule has 1 saturated heterocycles. The molecule has 6 nitrogen and oxygen atoms in total. The number of aromatic nitrogens is 2. The molecule has 6 heteroatoms. The Morgan fingerprint density at radius 1 is 1.03 bits per heavy atom. The molecule has 1 aliphatic rings. The van der Waals surface area contributed by atoms with Crippen molar-refractivity contribution in [3.8, 4) is 11.5 Å². The molecule has 188 valence electrons.